The molecule has 0 aliphatic carbocycles. The van der Waals surface area contributed by atoms with Crippen LogP contribution in [-0.2, 0) is 0 Å². The van der Waals surface area contributed by atoms with E-state index < -0.39 is 6.10 Å². The highest BCUT2D eigenvalue weighted by molar-refractivity contribution is 5.40. The molecular weight excluding hydrogens is 234 g/mol. The van der Waals surface area contributed by atoms with Crippen molar-refractivity contribution in [1.82, 2.24) is 4.98 Å². The lowest BCUT2D eigenvalue weighted by atomic mass is 9.86. The van der Waals surface area contributed by atoms with Crippen LogP contribution in [0.4, 0.5) is 0 Å². The summed E-state index contributed by atoms with van der Waals surface area (Å²) in [5.74, 6) is 0.0584. The van der Waals surface area contributed by atoms with Crippen molar-refractivity contribution in [2.24, 2.45) is 0 Å². The van der Waals surface area contributed by atoms with E-state index in [0.717, 1.165) is 22.3 Å². The molecule has 0 fully saturated rings. The van der Waals surface area contributed by atoms with Gasteiger partial charge in [0.1, 0.15) is 0 Å². The number of hydrogen-bond donors (Lipinski definition) is 1. The lowest BCUT2D eigenvalue weighted by molar-refractivity contribution is 0.150. The molecule has 1 N–H and O–H groups in total. The Bertz CT molecular complexity index is 540. The van der Waals surface area contributed by atoms with Gasteiger partial charge in [-0.3, -0.25) is 4.98 Å². The molecule has 100 valence electrons. The first kappa shape index (κ1) is 13.8. The number of benzene rings is 1. The molecule has 0 bridgehead atoms. The average molecular weight is 255 g/mol. The second kappa shape index (κ2) is 5.54. The van der Waals surface area contributed by atoms with Crippen LogP contribution in [0.1, 0.15) is 46.8 Å². The van der Waals surface area contributed by atoms with Crippen LogP contribution >= 0.6 is 0 Å². The number of aliphatic hydroxyl groups is 1. The maximum absolute atomic E-state index is 10.7. The lowest BCUT2D eigenvalue weighted by Gasteiger charge is -2.23. The second-order valence-electron chi connectivity index (χ2n) is 5.33. The van der Waals surface area contributed by atoms with Gasteiger partial charge in [-0.1, -0.05) is 24.6 Å². The second-order valence-corrected chi connectivity index (χ2v) is 5.33. The summed E-state index contributed by atoms with van der Waals surface area (Å²) in [6, 6.07) is 8.19. The topological polar surface area (TPSA) is 33.1 Å². The molecule has 2 nitrogen and oxygen atoms in total. The largest absolute Gasteiger partial charge is 0.388 e. The zero-order valence-corrected chi connectivity index (χ0v) is 12.0. The van der Waals surface area contributed by atoms with Gasteiger partial charge in [0.15, 0.2) is 0 Å². The van der Waals surface area contributed by atoms with Crippen molar-refractivity contribution in [2.75, 3.05) is 0 Å². The van der Waals surface area contributed by atoms with Gasteiger partial charge < -0.3 is 5.11 Å². The molecule has 1 aromatic heterocycles. The van der Waals surface area contributed by atoms with Crippen LogP contribution < -0.4 is 0 Å². The van der Waals surface area contributed by atoms with E-state index in [2.05, 4.69) is 44.8 Å². The average Bonchev–Trinajstić information content (AvgIpc) is 2.37. The number of pyridine rings is 1. The Kier molecular flexibility index (Phi) is 4.01. The smallest absolute Gasteiger partial charge is 0.0860 e. The molecular formula is C17H21NO. The number of nitrogens with zero attached hydrogens (tertiary/aromatic N) is 1. The fraction of sp³-hybridized carbons (Fsp3) is 0.353. The highest BCUT2D eigenvalue weighted by Crippen LogP contribution is 2.34. The van der Waals surface area contributed by atoms with E-state index in [-0.39, 0.29) is 5.92 Å². The van der Waals surface area contributed by atoms with Gasteiger partial charge in [-0.15, -0.1) is 0 Å². The SMILES string of the molecule is Cc1cc(C)c(C(O)C(C)c2ccncc2)c(C)c1. The molecule has 2 rings (SSSR count). The van der Waals surface area contributed by atoms with E-state index in [4.69, 9.17) is 0 Å². The highest BCUT2D eigenvalue weighted by atomic mass is 16.3. The minimum atomic E-state index is -0.483. The van der Waals surface area contributed by atoms with Gasteiger partial charge in [-0.25, -0.2) is 0 Å². The third-order valence-electron chi connectivity index (χ3n) is 3.74. The summed E-state index contributed by atoms with van der Waals surface area (Å²) in [5.41, 5.74) is 5.72. The normalized spacial score (nSPS) is 14.2. The lowest BCUT2D eigenvalue weighted by Crippen LogP contribution is -2.11. The predicted molar refractivity (Wildman–Crippen MR) is 78.3 cm³/mol. The zero-order valence-electron chi connectivity index (χ0n) is 12.0. The van der Waals surface area contributed by atoms with Gasteiger partial charge in [-0.2, -0.15) is 0 Å². The Balaban J connectivity index is 2.37. The third kappa shape index (κ3) is 2.85. The summed E-state index contributed by atoms with van der Waals surface area (Å²) in [6.07, 6.45) is 3.06. The van der Waals surface area contributed by atoms with Gasteiger partial charge in [-0.05, 0) is 55.2 Å². The maximum atomic E-state index is 10.7. The number of aryl methyl sites for hydroxylation is 3. The highest BCUT2D eigenvalue weighted by Gasteiger charge is 2.21. The van der Waals surface area contributed by atoms with Crippen LogP contribution in [0.2, 0.25) is 0 Å². The number of aliphatic hydroxyl groups excluding tert-OH is 1. The van der Waals surface area contributed by atoms with Gasteiger partial charge in [0.25, 0.3) is 0 Å². The van der Waals surface area contributed by atoms with Crippen molar-refractivity contribution in [3.8, 4) is 0 Å². The van der Waals surface area contributed by atoms with E-state index in [0.29, 0.717) is 0 Å². The first-order chi connectivity index (χ1) is 9.00. The molecule has 2 unspecified atom stereocenters. The van der Waals surface area contributed by atoms with E-state index in [1.54, 1.807) is 12.4 Å². The summed E-state index contributed by atoms with van der Waals surface area (Å²) in [6.45, 7) is 8.27. The van der Waals surface area contributed by atoms with Crippen molar-refractivity contribution in [3.63, 3.8) is 0 Å². The first-order valence-corrected chi connectivity index (χ1v) is 6.66. The number of hydrogen-bond acceptors (Lipinski definition) is 2. The standard InChI is InChI=1S/C17H21NO/c1-11-9-12(2)16(13(3)10-11)17(19)14(4)15-5-7-18-8-6-15/h5-10,14,17,19H,1-4H3. The molecule has 19 heavy (non-hydrogen) atoms. The van der Waals surface area contributed by atoms with Gasteiger partial charge >= 0.3 is 0 Å². The fourth-order valence-corrected chi connectivity index (χ4v) is 2.76. The van der Waals surface area contributed by atoms with E-state index in [1.165, 1.54) is 5.56 Å². The third-order valence-corrected chi connectivity index (χ3v) is 3.74. The van der Waals surface area contributed by atoms with Crippen LogP contribution in [0.5, 0.6) is 0 Å². The summed E-state index contributed by atoms with van der Waals surface area (Å²) in [5, 5.41) is 10.7. The van der Waals surface area contributed by atoms with Crippen LogP contribution in [0, 0.1) is 20.8 Å². The predicted octanol–water partition coefficient (Wildman–Crippen LogP) is 3.84. The summed E-state index contributed by atoms with van der Waals surface area (Å²) in [7, 11) is 0. The minimum Gasteiger partial charge on any atom is -0.388 e. The molecule has 0 saturated heterocycles. The molecule has 2 aromatic rings. The van der Waals surface area contributed by atoms with E-state index in [9.17, 15) is 5.11 Å². The maximum Gasteiger partial charge on any atom is 0.0860 e. The Morgan fingerprint density at radius 1 is 1.00 bits per heavy atom. The van der Waals surface area contributed by atoms with E-state index >= 15 is 0 Å². The molecule has 0 radical (unpaired) electrons. The fourth-order valence-electron chi connectivity index (χ4n) is 2.76. The quantitative estimate of drug-likeness (QED) is 0.903. The van der Waals surface area contributed by atoms with Crippen LogP contribution in [0.15, 0.2) is 36.7 Å². The molecule has 2 heteroatoms. The molecule has 0 amide bonds. The van der Waals surface area contributed by atoms with Crippen molar-refractivity contribution in [2.45, 2.75) is 39.7 Å². The Morgan fingerprint density at radius 3 is 2.05 bits per heavy atom. The molecule has 0 saturated carbocycles. The van der Waals surface area contributed by atoms with Gasteiger partial charge in [0, 0.05) is 18.3 Å². The van der Waals surface area contributed by atoms with Gasteiger partial charge in [0.05, 0.1) is 6.10 Å². The van der Waals surface area contributed by atoms with Gasteiger partial charge in [0.2, 0.25) is 0 Å². The molecule has 0 aliphatic heterocycles. The Hall–Kier alpha value is -1.67. The molecule has 0 aliphatic rings. The summed E-state index contributed by atoms with van der Waals surface area (Å²) < 4.78 is 0. The van der Waals surface area contributed by atoms with Crippen LogP contribution in [0.25, 0.3) is 0 Å². The zero-order chi connectivity index (χ0) is 14.0. The van der Waals surface area contributed by atoms with Crippen molar-refractivity contribution in [1.29, 1.82) is 0 Å². The van der Waals surface area contributed by atoms with E-state index in [1.807, 2.05) is 12.1 Å². The molecule has 0 spiro atoms. The molecule has 2 atom stereocenters. The van der Waals surface area contributed by atoms with Crippen molar-refractivity contribution >= 4 is 0 Å². The first-order valence-electron chi connectivity index (χ1n) is 6.66. The number of aromatic nitrogens is 1. The molecule has 1 aromatic carbocycles. The van der Waals surface area contributed by atoms with Crippen molar-refractivity contribution in [3.05, 3.63) is 64.5 Å². The van der Waals surface area contributed by atoms with Crippen molar-refractivity contribution < 1.29 is 5.11 Å². The van der Waals surface area contributed by atoms with Crippen LogP contribution in [0.3, 0.4) is 0 Å². The molecule has 1 heterocycles. The minimum absolute atomic E-state index is 0.0584. The monoisotopic (exact) mass is 255 g/mol. The van der Waals surface area contributed by atoms with Crippen LogP contribution in [-0.4, -0.2) is 10.1 Å². The summed E-state index contributed by atoms with van der Waals surface area (Å²) >= 11 is 0. The summed E-state index contributed by atoms with van der Waals surface area (Å²) in [4.78, 5) is 4.02. The Labute approximate surface area is 115 Å². The Morgan fingerprint density at radius 2 is 1.53 bits per heavy atom. The number of rotatable bonds is 3.